The molecule has 18 heavy (non-hydrogen) atoms. The predicted octanol–water partition coefficient (Wildman–Crippen LogP) is -0.0130. The molecule has 6 nitrogen and oxygen atoms in total. The standard InChI is InChI=1S/C11H24N4O2S/c1-3-6-13-11(12-4-2)14-7-9-15-8-5-10-18(15,16)17/h3-10H2,1-2H3,(H2,12,13,14). The first-order valence-corrected chi connectivity index (χ1v) is 8.21. The lowest BCUT2D eigenvalue weighted by Crippen LogP contribution is -2.42. The molecular formula is C11H24N4O2S. The quantitative estimate of drug-likeness (QED) is 0.528. The summed E-state index contributed by atoms with van der Waals surface area (Å²) < 4.78 is 24.7. The van der Waals surface area contributed by atoms with Crippen LogP contribution >= 0.6 is 0 Å². The summed E-state index contributed by atoms with van der Waals surface area (Å²) in [6.45, 7) is 7.41. The Hall–Kier alpha value is -0.820. The molecule has 0 atom stereocenters. The van der Waals surface area contributed by atoms with Gasteiger partial charge in [-0.3, -0.25) is 4.99 Å². The first-order chi connectivity index (χ1) is 8.60. The number of sulfonamides is 1. The fourth-order valence-electron chi connectivity index (χ4n) is 1.81. The molecule has 1 fully saturated rings. The molecule has 0 aliphatic carbocycles. The molecule has 0 radical (unpaired) electrons. The largest absolute Gasteiger partial charge is 0.357 e. The third-order valence-corrected chi connectivity index (χ3v) is 4.65. The minimum Gasteiger partial charge on any atom is -0.357 e. The SMILES string of the molecule is CCCN=C(NCC)NCCN1CCCS1(=O)=O. The van der Waals surface area contributed by atoms with E-state index in [2.05, 4.69) is 22.5 Å². The maximum absolute atomic E-state index is 11.6. The number of hydrogen-bond donors (Lipinski definition) is 2. The Morgan fingerprint density at radius 1 is 1.33 bits per heavy atom. The van der Waals surface area contributed by atoms with Gasteiger partial charge in [-0.1, -0.05) is 6.92 Å². The molecule has 7 heteroatoms. The highest BCUT2D eigenvalue weighted by Gasteiger charge is 2.27. The van der Waals surface area contributed by atoms with Crippen LogP contribution in [0.2, 0.25) is 0 Å². The third kappa shape index (κ3) is 4.81. The van der Waals surface area contributed by atoms with Crippen molar-refractivity contribution in [1.29, 1.82) is 0 Å². The third-order valence-electron chi connectivity index (χ3n) is 2.69. The molecule has 106 valence electrons. The summed E-state index contributed by atoms with van der Waals surface area (Å²) in [5.41, 5.74) is 0. The van der Waals surface area contributed by atoms with Gasteiger partial charge < -0.3 is 10.6 Å². The van der Waals surface area contributed by atoms with Crippen LogP contribution in [0, 0.1) is 0 Å². The van der Waals surface area contributed by atoms with Gasteiger partial charge in [0.05, 0.1) is 5.75 Å². The van der Waals surface area contributed by atoms with Gasteiger partial charge in [0.25, 0.3) is 0 Å². The fourth-order valence-corrected chi connectivity index (χ4v) is 3.34. The van der Waals surface area contributed by atoms with Gasteiger partial charge in [0.2, 0.25) is 10.0 Å². The van der Waals surface area contributed by atoms with Crippen molar-refractivity contribution in [2.75, 3.05) is 38.5 Å². The van der Waals surface area contributed by atoms with E-state index < -0.39 is 10.0 Å². The molecule has 1 rings (SSSR count). The molecule has 1 aliphatic heterocycles. The van der Waals surface area contributed by atoms with E-state index in [-0.39, 0.29) is 5.75 Å². The van der Waals surface area contributed by atoms with E-state index in [4.69, 9.17) is 0 Å². The Bertz CT molecular complexity index is 367. The second kappa shape index (κ2) is 7.58. The Morgan fingerprint density at radius 3 is 2.67 bits per heavy atom. The van der Waals surface area contributed by atoms with Gasteiger partial charge in [0.15, 0.2) is 5.96 Å². The highest BCUT2D eigenvalue weighted by molar-refractivity contribution is 7.89. The lowest BCUT2D eigenvalue weighted by molar-refractivity contribution is 0.445. The zero-order valence-corrected chi connectivity index (χ0v) is 12.1. The molecule has 1 heterocycles. The van der Waals surface area contributed by atoms with Crippen molar-refractivity contribution in [1.82, 2.24) is 14.9 Å². The molecule has 0 unspecified atom stereocenters. The van der Waals surface area contributed by atoms with E-state index in [0.717, 1.165) is 31.9 Å². The molecule has 1 aliphatic rings. The van der Waals surface area contributed by atoms with E-state index in [1.54, 1.807) is 4.31 Å². The number of hydrogen-bond acceptors (Lipinski definition) is 3. The molecule has 0 aromatic heterocycles. The van der Waals surface area contributed by atoms with Crippen molar-refractivity contribution in [3.05, 3.63) is 0 Å². The molecule has 0 amide bonds. The Labute approximate surface area is 110 Å². The lowest BCUT2D eigenvalue weighted by atomic mass is 10.4. The fraction of sp³-hybridized carbons (Fsp3) is 0.909. The maximum atomic E-state index is 11.6. The molecule has 0 bridgehead atoms. The Balaban J connectivity index is 2.34. The number of nitrogens with zero attached hydrogens (tertiary/aromatic N) is 2. The van der Waals surface area contributed by atoms with Crippen LogP contribution in [0.15, 0.2) is 4.99 Å². The van der Waals surface area contributed by atoms with E-state index in [0.29, 0.717) is 19.6 Å². The molecular weight excluding hydrogens is 252 g/mol. The number of rotatable bonds is 6. The van der Waals surface area contributed by atoms with Gasteiger partial charge >= 0.3 is 0 Å². The average molecular weight is 276 g/mol. The summed E-state index contributed by atoms with van der Waals surface area (Å²) in [6, 6.07) is 0. The zero-order chi connectivity index (χ0) is 13.4. The van der Waals surface area contributed by atoms with Gasteiger partial charge in [-0.15, -0.1) is 0 Å². The zero-order valence-electron chi connectivity index (χ0n) is 11.3. The van der Waals surface area contributed by atoms with Crippen LogP contribution in [0.4, 0.5) is 0 Å². The lowest BCUT2D eigenvalue weighted by Gasteiger charge is -2.16. The van der Waals surface area contributed by atoms with Crippen LogP contribution in [0.3, 0.4) is 0 Å². The summed E-state index contributed by atoms with van der Waals surface area (Å²) in [7, 11) is -2.98. The second-order valence-electron chi connectivity index (χ2n) is 4.26. The predicted molar refractivity (Wildman–Crippen MR) is 74.2 cm³/mol. The van der Waals surface area contributed by atoms with Gasteiger partial charge in [0, 0.05) is 32.7 Å². The average Bonchev–Trinajstić information content (AvgIpc) is 2.66. The monoisotopic (exact) mass is 276 g/mol. The van der Waals surface area contributed by atoms with Gasteiger partial charge in [-0.2, -0.15) is 0 Å². The maximum Gasteiger partial charge on any atom is 0.214 e. The first-order valence-electron chi connectivity index (χ1n) is 6.60. The minimum absolute atomic E-state index is 0.289. The first kappa shape index (κ1) is 15.2. The van der Waals surface area contributed by atoms with E-state index in [1.807, 2.05) is 6.92 Å². The van der Waals surface area contributed by atoms with Crippen LogP contribution in [0.5, 0.6) is 0 Å². The van der Waals surface area contributed by atoms with Crippen molar-refractivity contribution in [2.24, 2.45) is 4.99 Å². The van der Waals surface area contributed by atoms with Crippen LogP contribution in [0.1, 0.15) is 26.7 Å². The summed E-state index contributed by atoms with van der Waals surface area (Å²) in [5, 5.41) is 6.29. The molecule has 0 saturated carbocycles. The van der Waals surface area contributed by atoms with Crippen molar-refractivity contribution in [2.45, 2.75) is 26.7 Å². The summed E-state index contributed by atoms with van der Waals surface area (Å²) in [5.74, 6) is 1.05. The van der Waals surface area contributed by atoms with E-state index in [1.165, 1.54) is 0 Å². The molecule has 0 aromatic carbocycles. The Kier molecular flexibility index (Phi) is 6.42. The van der Waals surface area contributed by atoms with E-state index in [9.17, 15) is 8.42 Å². The molecule has 2 N–H and O–H groups in total. The minimum atomic E-state index is -2.98. The Morgan fingerprint density at radius 2 is 2.11 bits per heavy atom. The summed E-state index contributed by atoms with van der Waals surface area (Å²) in [4.78, 5) is 4.36. The van der Waals surface area contributed by atoms with Gasteiger partial charge in [-0.05, 0) is 19.8 Å². The van der Waals surface area contributed by atoms with Crippen LogP contribution in [-0.2, 0) is 10.0 Å². The van der Waals surface area contributed by atoms with Crippen molar-refractivity contribution in [3.8, 4) is 0 Å². The molecule has 0 spiro atoms. The topological polar surface area (TPSA) is 73.8 Å². The van der Waals surface area contributed by atoms with Crippen LogP contribution < -0.4 is 10.6 Å². The van der Waals surface area contributed by atoms with Crippen LogP contribution in [-0.4, -0.2) is 57.2 Å². The molecule has 0 aromatic rings. The highest BCUT2D eigenvalue weighted by atomic mass is 32.2. The number of nitrogens with one attached hydrogen (secondary N) is 2. The van der Waals surface area contributed by atoms with Gasteiger partial charge in [0.1, 0.15) is 0 Å². The normalized spacial score (nSPS) is 20.0. The smallest absolute Gasteiger partial charge is 0.214 e. The van der Waals surface area contributed by atoms with Crippen molar-refractivity contribution >= 4 is 16.0 Å². The number of guanidine groups is 1. The highest BCUT2D eigenvalue weighted by Crippen LogP contribution is 2.11. The summed E-state index contributed by atoms with van der Waals surface area (Å²) >= 11 is 0. The van der Waals surface area contributed by atoms with Crippen LogP contribution in [0.25, 0.3) is 0 Å². The van der Waals surface area contributed by atoms with Gasteiger partial charge in [-0.25, -0.2) is 12.7 Å². The summed E-state index contributed by atoms with van der Waals surface area (Å²) in [6.07, 6.45) is 1.74. The van der Waals surface area contributed by atoms with Crippen molar-refractivity contribution < 1.29 is 8.42 Å². The second-order valence-corrected chi connectivity index (χ2v) is 6.34. The van der Waals surface area contributed by atoms with Crippen molar-refractivity contribution in [3.63, 3.8) is 0 Å². The number of aliphatic imine (C=N–C) groups is 1. The molecule has 1 saturated heterocycles. The van der Waals surface area contributed by atoms with E-state index >= 15 is 0 Å².